The van der Waals surface area contributed by atoms with Crippen LogP contribution in [0, 0.1) is 0 Å². The summed E-state index contributed by atoms with van der Waals surface area (Å²) in [5.74, 6) is 0. The monoisotopic (exact) mass is 335 g/mol. The first-order valence-corrected chi connectivity index (χ1v) is 7.95. The van der Waals surface area contributed by atoms with Gasteiger partial charge in [0, 0.05) is 19.1 Å². The van der Waals surface area contributed by atoms with Crippen molar-refractivity contribution < 1.29 is 19.1 Å². The van der Waals surface area contributed by atoms with E-state index in [2.05, 4.69) is 5.32 Å². The number of alkyl carbamates (subject to hydrolysis) is 1. The normalized spacial score (nSPS) is 20.6. The fraction of sp³-hybridized carbons (Fsp3) is 0.529. The van der Waals surface area contributed by atoms with E-state index in [0.29, 0.717) is 13.1 Å². The molecule has 1 heterocycles. The maximum atomic E-state index is 12.1. The minimum Gasteiger partial charge on any atom is -0.445 e. The molecule has 0 aromatic heterocycles. The van der Waals surface area contributed by atoms with E-state index in [1.165, 1.54) is 4.90 Å². The maximum Gasteiger partial charge on any atom is 0.410 e. The fourth-order valence-electron chi connectivity index (χ4n) is 2.40. The van der Waals surface area contributed by atoms with Crippen molar-refractivity contribution in [3.8, 4) is 0 Å². The number of rotatable bonds is 3. The van der Waals surface area contributed by atoms with Crippen LogP contribution in [0.1, 0.15) is 26.3 Å². The minimum absolute atomic E-state index is 0.204. The van der Waals surface area contributed by atoms with E-state index in [4.69, 9.17) is 15.2 Å². The highest BCUT2D eigenvalue weighted by Gasteiger charge is 2.35. The van der Waals surface area contributed by atoms with Crippen LogP contribution in [0.4, 0.5) is 9.59 Å². The molecule has 0 spiro atoms. The number of nitrogens with two attached hydrogens (primary N) is 1. The van der Waals surface area contributed by atoms with Gasteiger partial charge in [-0.25, -0.2) is 9.59 Å². The van der Waals surface area contributed by atoms with Crippen molar-refractivity contribution in [1.82, 2.24) is 10.2 Å². The molecule has 0 unspecified atom stereocenters. The number of likely N-dealkylation sites (tertiary alicyclic amines) is 1. The Bertz CT molecular complexity index is 571. The number of ether oxygens (including phenoxy) is 2. The van der Waals surface area contributed by atoms with Crippen molar-refractivity contribution in [3.05, 3.63) is 35.9 Å². The summed E-state index contributed by atoms with van der Waals surface area (Å²) in [5, 5.41) is 2.71. The third kappa shape index (κ3) is 5.42. The second-order valence-electron chi connectivity index (χ2n) is 6.86. The summed E-state index contributed by atoms with van der Waals surface area (Å²) in [7, 11) is 0. The predicted octanol–water partition coefficient (Wildman–Crippen LogP) is 1.86. The van der Waals surface area contributed by atoms with Crippen LogP contribution in [0.5, 0.6) is 0 Å². The van der Waals surface area contributed by atoms with Crippen LogP contribution in [0.3, 0.4) is 0 Å². The number of hydrogen-bond acceptors (Lipinski definition) is 5. The molecule has 0 bridgehead atoms. The van der Waals surface area contributed by atoms with Gasteiger partial charge in [-0.1, -0.05) is 30.3 Å². The van der Waals surface area contributed by atoms with Gasteiger partial charge >= 0.3 is 12.2 Å². The van der Waals surface area contributed by atoms with Crippen LogP contribution < -0.4 is 11.1 Å². The highest BCUT2D eigenvalue weighted by molar-refractivity contribution is 5.70. The summed E-state index contributed by atoms with van der Waals surface area (Å²) in [6.07, 6.45) is -0.981. The van der Waals surface area contributed by atoms with Gasteiger partial charge in [-0.05, 0) is 26.3 Å². The topological polar surface area (TPSA) is 93.9 Å². The molecule has 1 fully saturated rings. The maximum absolute atomic E-state index is 12.1. The molecule has 132 valence electrons. The Labute approximate surface area is 142 Å². The molecule has 2 atom stereocenters. The van der Waals surface area contributed by atoms with E-state index in [0.717, 1.165) is 5.56 Å². The number of nitrogens with zero attached hydrogens (tertiary/aromatic N) is 1. The summed E-state index contributed by atoms with van der Waals surface area (Å²) < 4.78 is 10.5. The summed E-state index contributed by atoms with van der Waals surface area (Å²) in [5.41, 5.74) is 6.34. The molecule has 1 aromatic rings. The lowest BCUT2D eigenvalue weighted by molar-refractivity contribution is 0.0499. The van der Waals surface area contributed by atoms with Crippen molar-refractivity contribution in [1.29, 1.82) is 0 Å². The third-order valence-corrected chi connectivity index (χ3v) is 3.53. The lowest BCUT2D eigenvalue weighted by Gasteiger charge is -2.22. The molecular weight excluding hydrogens is 310 g/mol. The molecule has 2 amide bonds. The zero-order valence-corrected chi connectivity index (χ0v) is 14.3. The highest BCUT2D eigenvalue weighted by Crippen LogP contribution is 2.13. The molecular formula is C17H25N3O4. The van der Waals surface area contributed by atoms with Gasteiger partial charge in [0.1, 0.15) is 12.2 Å². The lowest BCUT2D eigenvalue weighted by atomic mass is 10.2. The molecule has 2 rings (SSSR count). The summed E-state index contributed by atoms with van der Waals surface area (Å²) >= 11 is 0. The number of benzene rings is 1. The largest absolute Gasteiger partial charge is 0.445 e. The molecule has 1 aromatic carbocycles. The Morgan fingerprint density at radius 1 is 1.25 bits per heavy atom. The summed E-state index contributed by atoms with van der Waals surface area (Å²) in [6, 6.07) is 8.72. The predicted molar refractivity (Wildman–Crippen MR) is 89.3 cm³/mol. The summed E-state index contributed by atoms with van der Waals surface area (Å²) in [6.45, 7) is 6.19. The van der Waals surface area contributed by atoms with E-state index in [1.807, 2.05) is 30.3 Å². The van der Waals surface area contributed by atoms with Gasteiger partial charge in [-0.3, -0.25) is 0 Å². The number of hydrogen-bond donors (Lipinski definition) is 2. The quantitative estimate of drug-likeness (QED) is 0.879. The van der Waals surface area contributed by atoms with Crippen molar-refractivity contribution in [2.24, 2.45) is 5.73 Å². The van der Waals surface area contributed by atoms with Gasteiger partial charge < -0.3 is 25.4 Å². The fourth-order valence-corrected chi connectivity index (χ4v) is 2.40. The number of carbonyl (C=O) groups is 2. The van der Waals surface area contributed by atoms with Crippen molar-refractivity contribution >= 4 is 12.2 Å². The first-order valence-electron chi connectivity index (χ1n) is 7.95. The Morgan fingerprint density at radius 2 is 1.92 bits per heavy atom. The van der Waals surface area contributed by atoms with Crippen molar-refractivity contribution in [3.63, 3.8) is 0 Å². The van der Waals surface area contributed by atoms with Gasteiger partial charge in [0.25, 0.3) is 0 Å². The van der Waals surface area contributed by atoms with Crippen LogP contribution in [-0.4, -0.2) is 47.9 Å². The molecule has 3 N–H and O–H groups in total. The second kappa shape index (κ2) is 7.53. The Morgan fingerprint density at radius 3 is 2.54 bits per heavy atom. The van der Waals surface area contributed by atoms with Crippen LogP contribution >= 0.6 is 0 Å². The van der Waals surface area contributed by atoms with Gasteiger partial charge in [-0.2, -0.15) is 0 Å². The van der Waals surface area contributed by atoms with E-state index in [1.54, 1.807) is 20.8 Å². The number of amides is 2. The highest BCUT2D eigenvalue weighted by atomic mass is 16.6. The van der Waals surface area contributed by atoms with Gasteiger partial charge in [0.15, 0.2) is 0 Å². The zero-order chi connectivity index (χ0) is 17.7. The SMILES string of the molecule is CC(C)(C)OC(=O)N[C@@H]1CN(C(=O)OCc2ccccc2)C[C@H]1N. The summed E-state index contributed by atoms with van der Waals surface area (Å²) in [4.78, 5) is 25.4. The zero-order valence-electron chi connectivity index (χ0n) is 14.3. The molecule has 0 radical (unpaired) electrons. The second-order valence-corrected chi connectivity index (χ2v) is 6.86. The van der Waals surface area contributed by atoms with Crippen molar-refractivity contribution in [2.75, 3.05) is 13.1 Å². The van der Waals surface area contributed by atoms with Gasteiger partial charge in [-0.15, -0.1) is 0 Å². The molecule has 1 saturated heterocycles. The van der Waals surface area contributed by atoms with E-state index < -0.39 is 17.8 Å². The smallest absolute Gasteiger partial charge is 0.410 e. The van der Waals surface area contributed by atoms with Gasteiger partial charge in [0.2, 0.25) is 0 Å². The van der Waals surface area contributed by atoms with Crippen LogP contribution in [0.25, 0.3) is 0 Å². The third-order valence-electron chi connectivity index (χ3n) is 3.53. The van der Waals surface area contributed by atoms with Crippen LogP contribution in [0.15, 0.2) is 30.3 Å². The molecule has 24 heavy (non-hydrogen) atoms. The van der Waals surface area contributed by atoms with E-state index in [9.17, 15) is 9.59 Å². The molecule has 1 aliphatic heterocycles. The Hall–Kier alpha value is -2.28. The van der Waals surface area contributed by atoms with Crippen LogP contribution in [-0.2, 0) is 16.1 Å². The van der Waals surface area contributed by atoms with Crippen molar-refractivity contribution in [2.45, 2.75) is 45.1 Å². The van der Waals surface area contributed by atoms with E-state index >= 15 is 0 Å². The standard InChI is InChI=1S/C17H25N3O4/c1-17(2,3)24-15(21)19-14-10-20(9-13(14)18)16(22)23-11-12-7-5-4-6-8-12/h4-8,13-14H,9-11,18H2,1-3H3,(H,19,21)/t13-,14-/m1/s1. The molecule has 7 nitrogen and oxygen atoms in total. The van der Waals surface area contributed by atoms with Crippen LogP contribution in [0.2, 0.25) is 0 Å². The minimum atomic E-state index is -0.582. The first-order chi connectivity index (χ1) is 11.2. The number of nitrogens with one attached hydrogen (secondary N) is 1. The molecule has 0 aliphatic carbocycles. The Balaban J connectivity index is 1.81. The lowest BCUT2D eigenvalue weighted by Crippen LogP contribution is -2.48. The first kappa shape index (κ1) is 18.1. The van der Waals surface area contributed by atoms with E-state index in [-0.39, 0.29) is 18.7 Å². The Kier molecular flexibility index (Phi) is 5.66. The average Bonchev–Trinajstić information content (AvgIpc) is 2.85. The van der Waals surface area contributed by atoms with Gasteiger partial charge in [0.05, 0.1) is 6.04 Å². The molecule has 7 heteroatoms. The number of carbonyl (C=O) groups excluding carboxylic acids is 2. The average molecular weight is 335 g/mol. The molecule has 1 aliphatic rings. The molecule has 0 saturated carbocycles.